The Kier molecular flexibility index (Phi) is 5.49. The topological polar surface area (TPSA) is 71.2 Å². The second-order valence-electron chi connectivity index (χ2n) is 5.89. The molecule has 0 bridgehead atoms. The van der Waals surface area contributed by atoms with Gasteiger partial charge in [0.1, 0.15) is 5.69 Å². The minimum Gasteiger partial charge on any atom is -0.448 e. The van der Waals surface area contributed by atoms with Crippen molar-refractivity contribution in [2.45, 2.75) is 19.1 Å². The van der Waals surface area contributed by atoms with E-state index in [1.54, 1.807) is 25.3 Å². The molecule has 2 N–H and O–H groups in total. The van der Waals surface area contributed by atoms with Crippen LogP contribution in [0.2, 0.25) is 0 Å². The summed E-state index contributed by atoms with van der Waals surface area (Å²) in [5.41, 5.74) is 2.22. The highest BCUT2D eigenvalue weighted by Gasteiger charge is 2.23. The van der Waals surface area contributed by atoms with Crippen molar-refractivity contribution in [1.82, 2.24) is 10.3 Å². The van der Waals surface area contributed by atoms with Gasteiger partial charge in [0.05, 0.1) is 6.04 Å². The number of rotatable bonds is 6. The van der Waals surface area contributed by atoms with Crippen LogP contribution in [0.4, 0.5) is 0 Å². The summed E-state index contributed by atoms with van der Waals surface area (Å²) >= 11 is 0. The molecule has 26 heavy (non-hydrogen) atoms. The van der Waals surface area contributed by atoms with Crippen molar-refractivity contribution in [2.24, 2.45) is 0 Å². The molecule has 1 atom stereocenters. The molecule has 1 aromatic heterocycles. The van der Waals surface area contributed by atoms with Gasteiger partial charge in [0.2, 0.25) is 0 Å². The van der Waals surface area contributed by atoms with Gasteiger partial charge in [-0.05, 0) is 30.2 Å². The summed E-state index contributed by atoms with van der Waals surface area (Å²) in [5, 5.41) is 2.97. The van der Waals surface area contributed by atoms with Gasteiger partial charge in [-0.15, -0.1) is 0 Å². The fraction of sp³-hybridized carbons (Fsp3) is 0.143. The fourth-order valence-electron chi connectivity index (χ4n) is 2.64. The van der Waals surface area contributed by atoms with Crippen molar-refractivity contribution in [3.8, 4) is 0 Å². The number of carbonyl (C=O) groups is 2. The summed E-state index contributed by atoms with van der Waals surface area (Å²) in [6.45, 7) is 1.56. The van der Waals surface area contributed by atoms with Gasteiger partial charge in [-0.2, -0.15) is 0 Å². The summed E-state index contributed by atoms with van der Waals surface area (Å²) < 4.78 is 5.25. The lowest BCUT2D eigenvalue weighted by atomic mass is 9.98. The molecule has 0 unspecified atom stereocenters. The van der Waals surface area contributed by atoms with Crippen LogP contribution in [-0.2, 0) is 9.53 Å². The molecule has 0 aliphatic rings. The Morgan fingerprint density at radius 2 is 1.46 bits per heavy atom. The van der Waals surface area contributed by atoms with Gasteiger partial charge in [-0.25, -0.2) is 4.79 Å². The van der Waals surface area contributed by atoms with Gasteiger partial charge in [0.15, 0.2) is 6.10 Å². The SMILES string of the molecule is C[C@H](OC(=O)c1ccc[nH]1)C(=O)NC(c1ccccc1)c1ccccc1. The lowest BCUT2D eigenvalue weighted by molar-refractivity contribution is -0.129. The maximum Gasteiger partial charge on any atom is 0.355 e. The largest absolute Gasteiger partial charge is 0.448 e. The molecule has 5 nitrogen and oxygen atoms in total. The van der Waals surface area contributed by atoms with Gasteiger partial charge in [-0.1, -0.05) is 60.7 Å². The molecule has 5 heteroatoms. The number of ether oxygens (including phenoxy) is 1. The summed E-state index contributed by atoms with van der Waals surface area (Å²) in [5.74, 6) is -0.920. The summed E-state index contributed by atoms with van der Waals surface area (Å²) in [7, 11) is 0. The quantitative estimate of drug-likeness (QED) is 0.670. The Balaban J connectivity index is 1.74. The highest BCUT2D eigenvalue weighted by molar-refractivity contribution is 5.90. The number of carbonyl (C=O) groups excluding carboxylic acids is 2. The first-order chi connectivity index (χ1) is 12.6. The number of nitrogens with one attached hydrogen (secondary N) is 2. The third-order valence-corrected chi connectivity index (χ3v) is 4.02. The molecule has 2 aromatic carbocycles. The summed E-state index contributed by atoms with van der Waals surface area (Å²) in [4.78, 5) is 27.4. The maximum atomic E-state index is 12.6. The van der Waals surface area contributed by atoms with E-state index >= 15 is 0 Å². The molecule has 0 fully saturated rings. The summed E-state index contributed by atoms with van der Waals surface area (Å²) in [6.07, 6.45) is 0.711. The molecule has 0 radical (unpaired) electrons. The zero-order valence-electron chi connectivity index (χ0n) is 14.4. The number of esters is 1. The van der Waals surface area contributed by atoms with Crippen molar-refractivity contribution >= 4 is 11.9 Å². The second-order valence-corrected chi connectivity index (χ2v) is 5.89. The first kappa shape index (κ1) is 17.5. The van der Waals surface area contributed by atoms with Crippen molar-refractivity contribution in [3.05, 3.63) is 95.8 Å². The van der Waals surface area contributed by atoms with Crippen LogP contribution in [0.1, 0.15) is 34.6 Å². The van der Waals surface area contributed by atoms with Crippen LogP contribution in [0, 0.1) is 0 Å². The van der Waals surface area contributed by atoms with Crippen molar-refractivity contribution < 1.29 is 14.3 Å². The molecule has 0 saturated carbocycles. The number of aromatic amines is 1. The van der Waals surface area contributed by atoms with E-state index < -0.39 is 12.1 Å². The van der Waals surface area contributed by atoms with Gasteiger partial charge in [0.25, 0.3) is 5.91 Å². The zero-order valence-corrected chi connectivity index (χ0v) is 14.4. The normalized spacial score (nSPS) is 11.8. The summed E-state index contributed by atoms with van der Waals surface area (Å²) in [6, 6.07) is 22.3. The van der Waals surface area contributed by atoms with Crippen LogP contribution >= 0.6 is 0 Å². The van der Waals surface area contributed by atoms with E-state index in [0.29, 0.717) is 5.69 Å². The molecule has 3 rings (SSSR count). The molecule has 0 spiro atoms. The van der Waals surface area contributed by atoms with Gasteiger partial charge in [0, 0.05) is 6.20 Å². The third-order valence-electron chi connectivity index (χ3n) is 4.02. The van der Waals surface area contributed by atoms with Crippen molar-refractivity contribution in [1.29, 1.82) is 0 Å². The molecular formula is C21H20N2O3. The smallest absolute Gasteiger partial charge is 0.355 e. The van der Waals surface area contributed by atoms with Crippen LogP contribution in [-0.4, -0.2) is 23.0 Å². The highest BCUT2D eigenvalue weighted by Crippen LogP contribution is 2.22. The maximum absolute atomic E-state index is 12.6. The Labute approximate surface area is 152 Å². The number of benzene rings is 2. The van der Waals surface area contributed by atoms with E-state index in [1.807, 2.05) is 60.7 Å². The molecule has 0 aliphatic carbocycles. The first-order valence-electron chi connectivity index (χ1n) is 8.40. The highest BCUT2D eigenvalue weighted by atomic mass is 16.5. The van der Waals surface area contributed by atoms with Gasteiger partial charge in [-0.3, -0.25) is 4.79 Å². The molecule has 3 aromatic rings. The Morgan fingerprint density at radius 3 is 1.96 bits per heavy atom. The number of hydrogen-bond donors (Lipinski definition) is 2. The number of amides is 1. The van der Waals surface area contributed by atoms with Crippen molar-refractivity contribution in [3.63, 3.8) is 0 Å². The van der Waals surface area contributed by atoms with Crippen LogP contribution in [0.3, 0.4) is 0 Å². The zero-order chi connectivity index (χ0) is 18.4. The monoisotopic (exact) mass is 348 g/mol. The molecular weight excluding hydrogens is 328 g/mol. The van der Waals surface area contributed by atoms with Gasteiger partial charge >= 0.3 is 5.97 Å². The van der Waals surface area contributed by atoms with E-state index in [-0.39, 0.29) is 11.9 Å². The van der Waals surface area contributed by atoms with Crippen LogP contribution in [0.25, 0.3) is 0 Å². The number of H-pyrrole nitrogens is 1. The van der Waals surface area contributed by atoms with E-state index in [4.69, 9.17) is 4.74 Å². The molecule has 1 heterocycles. The fourth-order valence-corrected chi connectivity index (χ4v) is 2.64. The first-order valence-corrected chi connectivity index (χ1v) is 8.40. The predicted molar refractivity (Wildman–Crippen MR) is 98.5 cm³/mol. The number of aromatic nitrogens is 1. The Bertz CT molecular complexity index is 806. The molecule has 132 valence electrons. The third kappa shape index (κ3) is 4.19. The second kappa shape index (κ2) is 8.16. The van der Waals surface area contributed by atoms with Gasteiger partial charge < -0.3 is 15.0 Å². The van der Waals surface area contributed by atoms with Crippen LogP contribution < -0.4 is 5.32 Å². The van der Waals surface area contributed by atoms with E-state index in [2.05, 4.69) is 10.3 Å². The average Bonchev–Trinajstić information content (AvgIpc) is 3.22. The Morgan fingerprint density at radius 1 is 0.885 bits per heavy atom. The number of hydrogen-bond acceptors (Lipinski definition) is 3. The van der Waals surface area contributed by atoms with E-state index in [1.165, 1.54) is 0 Å². The molecule has 1 amide bonds. The lowest BCUT2D eigenvalue weighted by Crippen LogP contribution is -2.38. The van der Waals surface area contributed by atoms with Crippen molar-refractivity contribution in [2.75, 3.05) is 0 Å². The minimum atomic E-state index is -0.916. The lowest BCUT2D eigenvalue weighted by Gasteiger charge is -2.22. The average molecular weight is 348 g/mol. The van der Waals surface area contributed by atoms with Crippen LogP contribution in [0.5, 0.6) is 0 Å². The predicted octanol–water partition coefficient (Wildman–Crippen LogP) is 3.47. The van der Waals surface area contributed by atoms with Crippen LogP contribution in [0.15, 0.2) is 79.0 Å². The standard InChI is InChI=1S/C21H20N2O3/c1-15(26-21(25)18-13-8-14-22-18)20(24)23-19(16-9-4-2-5-10-16)17-11-6-3-7-12-17/h2-15,19,22H,1H3,(H,23,24)/t15-/m0/s1. The van der Waals surface area contributed by atoms with E-state index in [9.17, 15) is 9.59 Å². The minimum absolute atomic E-state index is 0.312. The Hall–Kier alpha value is -3.34. The van der Waals surface area contributed by atoms with E-state index in [0.717, 1.165) is 11.1 Å². The molecule has 0 saturated heterocycles. The molecule has 0 aliphatic heterocycles.